The highest BCUT2D eigenvalue weighted by molar-refractivity contribution is 5.91. The molecule has 0 fully saturated rings. The van der Waals surface area contributed by atoms with Crippen LogP contribution < -0.4 is 4.74 Å². The summed E-state index contributed by atoms with van der Waals surface area (Å²) in [5, 5.41) is 0. The van der Waals surface area contributed by atoms with Crippen LogP contribution in [0.3, 0.4) is 0 Å². The normalized spacial score (nSPS) is 10.7. The van der Waals surface area contributed by atoms with E-state index in [0.717, 1.165) is 18.9 Å². The Morgan fingerprint density at radius 1 is 0.893 bits per heavy atom. The molecule has 3 aromatic carbocycles. The highest BCUT2D eigenvalue weighted by Crippen LogP contribution is 2.24. The number of ether oxygens (including phenoxy) is 1. The van der Waals surface area contributed by atoms with E-state index < -0.39 is 17.6 Å². The Morgan fingerprint density at radius 3 is 2.25 bits per heavy atom. The van der Waals surface area contributed by atoms with Gasteiger partial charge >= 0.3 is 5.97 Å². The number of hydrogen-bond donors (Lipinski definition) is 0. The second-order valence-electron chi connectivity index (χ2n) is 6.69. The molecule has 0 amide bonds. The van der Waals surface area contributed by atoms with E-state index in [2.05, 4.69) is 6.92 Å². The molecule has 0 aliphatic carbocycles. The Bertz CT molecular complexity index is 932. The molecule has 4 heteroatoms. The maximum Gasteiger partial charge on any atom is 0.343 e. The van der Waals surface area contributed by atoms with Crippen molar-refractivity contribution in [3.63, 3.8) is 0 Å². The molecule has 0 saturated carbocycles. The van der Waals surface area contributed by atoms with Gasteiger partial charge in [0.1, 0.15) is 17.4 Å². The van der Waals surface area contributed by atoms with Crippen LogP contribution in [0.5, 0.6) is 5.75 Å². The standard InChI is InChI=1S/C24H22F2O2/c1-2-3-4-5-17-6-13-21(14-7-17)28-24(27)19-10-8-18(9-11-19)22-15-12-20(25)16-23(22)26/h6-16H,2-5H2,1H3. The van der Waals surface area contributed by atoms with Crippen molar-refractivity contribution in [1.82, 2.24) is 0 Å². The third-order valence-corrected chi connectivity index (χ3v) is 4.57. The molecule has 144 valence electrons. The highest BCUT2D eigenvalue weighted by Gasteiger charge is 2.11. The fraction of sp³-hybridized carbons (Fsp3) is 0.208. The van der Waals surface area contributed by atoms with Crippen LogP contribution in [0.4, 0.5) is 8.78 Å². The summed E-state index contributed by atoms with van der Waals surface area (Å²) in [6.07, 6.45) is 4.55. The largest absolute Gasteiger partial charge is 0.423 e. The van der Waals surface area contributed by atoms with Gasteiger partial charge in [-0.3, -0.25) is 0 Å². The molecular formula is C24H22F2O2. The van der Waals surface area contributed by atoms with E-state index in [9.17, 15) is 13.6 Å². The van der Waals surface area contributed by atoms with Gasteiger partial charge in [0.05, 0.1) is 5.56 Å². The van der Waals surface area contributed by atoms with Gasteiger partial charge in [-0.1, -0.05) is 44.0 Å². The fourth-order valence-electron chi connectivity index (χ4n) is 2.98. The number of rotatable bonds is 7. The van der Waals surface area contributed by atoms with Crippen LogP contribution in [-0.4, -0.2) is 5.97 Å². The quantitative estimate of drug-likeness (QED) is 0.263. The highest BCUT2D eigenvalue weighted by atomic mass is 19.1. The molecule has 2 nitrogen and oxygen atoms in total. The molecule has 0 heterocycles. The Morgan fingerprint density at radius 2 is 1.61 bits per heavy atom. The average molecular weight is 380 g/mol. The minimum Gasteiger partial charge on any atom is -0.423 e. The molecule has 0 radical (unpaired) electrons. The predicted molar refractivity (Wildman–Crippen MR) is 106 cm³/mol. The molecule has 0 spiro atoms. The predicted octanol–water partition coefficient (Wildman–Crippen LogP) is 6.58. The van der Waals surface area contributed by atoms with Gasteiger partial charge in [0.2, 0.25) is 0 Å². The van der Waals surface area contributed by atoms with E-state index in [1.54, 1.807) is 36.4 Å². The van der Waals surface area contributed by atoms with Crippen LogP contribution >= 0.6 is 0 Å². The first-order chi connectivity index (χ1) is 13.6. The molecular weight excluding hydrogens is 358 g/mol. The minimum absolute atomic E-state index is 0.278. The van der Waals surface area contributed by atoms with Crippen molar-refractivity contribution in [3.8, 4) is 16.9 Å². The molecule has 0 aromatic heterocycles. The Balaban J connectivity index is 1.64. The van der Waals surface area contributed by atoms with Crippen molar-refractivity contribution < 1.29 is 18.3 Å². The average Bonchev–Trinajstić information content (AvgIpc) is 2.70. The summed E-state index contributed by atoms with van der Waals surface area (Å²) < 4.78 is 32.3. The first kappa shape index (κ1) is 19.7. The van der Waals surface area contributed by atoms with Crippen LogP contribution in [0.15, 0.2) is 66.7 Å². The van der Waals surface area contributed by atoms with Gasteiger partial charge < -0.3 is 4.74 Å². The Hall–Kier alpha value is -3.01. The zero-order valence-corrected chi connectivity index (χ0v) is 15.8. The minimum atomic E-state index is -0.644. The number of carbonyl (C=O) groups excluding carboxylic acids is 1. The summed E-state index contributed by atoms with van der Waals surface area (Å²) in [4.78, 5) is 12.3. The molecule has 0 aliphatic heterocycles. The van der Waals surface area contributed by atoms with Crippen molar-refractivity contribution in [2.45, 2.75) is 32.6 Å². The molecule has 0 atom stereocenters. The molecule has 0 unspecified atom stereocenters. The number of carbonyl (C=O) groups is 1. The second kappa shape index (κ2) is 9.27. The summed E-state index contributed by atoms with van der Waals surface area (Å²) in [5.41, 5.74) is 2.42. The van der Waals surface area contributed by atoms with Gasteiger partial charge in [-0.05, 0) is 60.4 Å². The monoisotopic (exact) mass is 380 g/mol. The SMILES string of the molecule is CCCCCc1ccc(OC(=O)c2ccc(-c3ccc(F)cc3F)cc2)cc1. The lowest BCUT2D eigenvalue weighted by molar-refractivity contribution is 0.0734. The lowest BCUT2D eigenvalue weighted by Gasteiger charge is -2.07. The van der Waals surface area contributed by atoms with Gasteiger partial charge in [0.25, 0.3) is 0 Å². The topological polar surface area (TPSA) is 26.3 Å². The summed E-state index contributed by atoms with van der Waals surface area (Å²) >= 11 is 0. The van der Waals surface area contributed by atoms with Crippen molar-refractivity contribution in [3.05, 3.63) is 89.5 Å². The van der Waals surface area contributed by atoms with Gasteiger partial charge in [-0.2, -0.15) is 0 Å². The van der Waals surface area contributed by atoms with E-state index in [4.69, 9.17) is 4.74 Å². The molecule has 0 bridgehead atoms. The van der Waals surface area contributed by atoms with E-state index in [0.29, 0.717) is 16.9 Å². The third-order valence-electron chi connectivity index (χ3n) is 4.57. The Kier molecular flexibility index (Phi) is 6.53. The zero-order chi connectivity index (χ0) is 19.9. The number of esters is 1. The van der Waals surface area contributed by atoms with Crippen LogP contribution in [0, 0.1) is 11.6 Å². The molecule has 0 N–H and O–H groups in total. The van der Waals surface area contributed by atoms with E-state index in [1.165, 1.54) is 30.5 Å². The summed E-state index contributed by atoms with van der Waals surface area (Å²) in [5.74, 6) is -1.27. The molecule has 3 aromatic rings. The maximum absolute atomic E-state index is 13.9. The number of benzene rings is 3. The zero-order valence-electron chi connectivity index (χ0n) is 15.8. The van der Waals surface area contributed by atoms with E-state index >= 15 is 0 Å². The third kappa shape index (κ3) is 5.03. The Labute approximate surface area is 163 Å². The summed E-state index contributed by atoms with van der Waals surface area (Å²) in [7, 11) is 0. The lowest BCUT2D eigenvalue weighted by atomic mass is 10.0. The van der Waals surface area contributed by atoms with Gasteiger partial charge in [0.15, 0.2) is 0 Å². The van der Waals surface area contributed by atoms with Crippen molar-refractivity contribution in [2.75, 3.05) is 0 Å². The van der Waals surface area contributed by atoms with Crippen LogP contribution in [0.2, 0.25) is 0 Å². The first-order valence-electron chi connectivity index (χ1n) is 9.43. The molecule has 0 aliphatic rings. The summed E-state index contributed by atoms with van der Waals surface area (Å²) in [6, 6.07) is 17.3. The van der Waals surface area contributed by atoms with E-state index in [-0.39, 0.29) is 5.56 Å². The smallest absolute Gasteiger partial charge is 0.343 e. The summed E-state index contributed by atoms with van der Waals surface area (Å²) in [6.45, 7) is 2.17. The number of hydrogen-bond acceptors (Lipinski definition) is 2. The van der Waals surface area contributed by atoms with Crippen molar-refractivity contribution >= 4 is 5.97 Å². The molecule has 3 rings (SSSR count). The van der Waals surface area contributed by atoms with Gasteiger partial charge in [-0.25, -0.2) is 13.6 Å². The fourth-order valence-corrected chi connectivity index (χ4v) is 2.98. The second-order valence-corrected chi connectivity index (χ2v) is 6.69. The van der Waals surface area contributed by atoms with Crippen molar-refractivity contribution in [1.29, 1.82) is 0 Å². The van der Waals surface area contributed by atoms with Crippen LogP contribution in [-0.2, 0) is 6.42 Å². The van der Waals surface area contributed by atoms with Crippen LogP contribution in [0.1, 0.15) is 42.1 Å². The first-order valence-corrected chi connectivity index (χ1v) is 9.43. The maximum atomic E-state index is 13.9. The van der Waals surface area contributed by atoms with Gasteiger partial charge in [-0.15, -0.1) is 0 Å². The van der Waals surface area contributed by atoms with Crippen molar-refractivity contribution in [2.24, 2.45) is 0 Å². The number of aryl methyl sites for hydroxylation is 1. The van der Waals surface area contributed by atoms with E-state index in [1.807, 2.05) is 12.1 Å². The van der Waals surface area contributed by atoms with Crippen LogP contribution in [0.25, 0.3) is 11.1 Å². The lowest BCUT2D eigenvalue weighted by Crippen LogP contribution is -2.08. The van der Waals surface area contributed by atoms with Gasteiger partial charge in [0, 0.05) is 11.6 Å². The number of unbranched alkanes of at least 4 members (excludes halogenated alkanes) is 2. The molecule has 0 saturated heterocycles. The molecule has 28 heavy (non-hydrogen) atoms. The number of halogens is 2.